The summed E-state index contributed by atoms with van der Waals surface area (Å²) in [5, 5.41) is 10.1. The molecule has 1 fully saturated rings. The number of carbonyl (C=O) groups excluding carboxylic acids is 1. The van der Waals surface area contributed by atoms with Crippen LogP contribution in [0, 0.1) is 6.92 Å². The van der Waals surface area contributed by atoms with E-state index in [-0.39, 0.29) is 12.6 Å². The SMILES string of the molecule is CCOCc1c(-c2cc3cc(C)cc(OC)c3s2)c2c(N)ncnn2c1CN1OCNC(=O)C1(C)C. The number of rotatable bonds is 7. The molecule has 0 spiro atoms. The second-order valence-corrected chi connectivity index (χ2v) is 10.3. The van der Waals surface area contributed by atoms with Crippen LogP contribution in [-0.4, -0.2) is 51.6 Å². The summed E-state index contributed by atoms with van der Waals surface area (Å²) in [6, 6.07) is 6.32. The Morgan fingerprint density at radius 3 is 2.86 bits per heavy atom. The molecule has 3 aromatic heterocycles. The second kappa shape index (κ2) is 9.32. The molecule has 0 unspecified atom stereocenters. The molecule has 1 aliphatic rings. The third kappa shape index (κ3) is 3.97. The van der Waals surface area contributed by atoms with Crippen LogP contribution in [-0.2, 0) is 27.5 Å². The summed E-state index contributed by atoms with van der Waals surface area (Å²) in [4.78, 5) is 23.8. The molecule has 0 aliphatic carbocycles. The second-order valence-electron chi connectivity index (χ2n) is 9.21. The Kier molecular flexibility index (Phi) is 6.33. The van der Waals surface area contributed by atoms with Gasteiger partial charge in [-0.2, -0.15) is 10.2 Å². The van der Waals surface area contributed by atoms with Gasteiger partial charge < -0.3 is 20.5 Å². The van der Waals surface area contributed by atoms with Crippen LogP contribution < -0.4 is 15.8 Å². The standard InChI is InChI=1S/C25H30N6O4S/c1-6-34-11-16-17(10-30-25(3,4)24(32)28-13-35-30)31-21(23(26)27-12-29-31)20(16)19-9-15-7-14(2)8-18(33-5)22(15)36-19/h7-9,12H,6,10-11,13H2,1-5H3,(H,28,32)(H2,26,27,29). The van der Waals surface area contributed by atoms with Crippen LogP contribution in [0.4, 0.5) is 5.82 Å². The zero-order valence-electron chi connectivity index (χ0n) is 21.0. The van der Waals surface area contributed by atoms with Crippen molar-refractivity contribution in [2.45, 2.75) is 46.4 Å². The number of aryl methyl sites for hydroxylation is 1. The molecule has 4 heterocycles. The molecular formula is C25H30N6O4S. The molecule has 3 N–H and O–H groups in total. The fourth-order valence-electron chi connectivity index (χ4n) is 4.59. The first-order chi connectivity index (χ1) is 17.3. The number of anilines is 1. The summed E-state index contributed by atoms with van der Waals surface area (Å²) >= 11 is 1.63. The van der Waals surface area contributed by atoms with Crippen molar-refractivity contribution in [1.29, 1.82) is 0 Å². The molecule has 0 atom stereocenters. The number of aromatic nitrogens is 3. The van der Waals surface area contributed by atoms with Gasteiger partial charge in [-0.3, -0.25) is 9.63 Å². The van der Waals surface area contributed by atoms with Gasteiger partial charge in [0.15, 0.2) is 5.82 Å². The predicted molar refractivity (Wildman–Crippen MR) is 139 cm³/mol. The number of nitrogens with two attached hydrogens (primary N) is 1. The van der Waals surface area contributed by atoms with Gasteiger partial charge in [0, 0.05) is 22.6 Å². The zero-order valence-corrected chi connectivity index (χ0v) is 21.9. The average molecular weight is 511 g/mol. The van der Waals surface area contributed by atoms with Crippen LogP contribution in [0.15, 0.2) is 24.5 Å². The van der Waals surface area contributed by atoms with Gasteiger partial charge in [0.2, 0.25) is 5.91 Å². The Bertz CT molecular complexity index is 1460. The Morgan fingerprint density at radius 1 is 1.31 bits per heavy atom. The lowest BCUT2D eigenvalue weighted by Crippen LogP contribution is -2.60. The number of methoxy groups -OCH3 is 1. The quantitative estimate of drug-likeness (QED) is 0.387. The maximum Gasteiger partial charge on any atom is 0.244 e. The molecule has 36 heavy (non-hydrogen) atoms. The molecule has 1 amide bonds. The smallest absolute Gasteiger partial charge is 0.244 e. The minimum atomic E-state index is -0.882. The van der Waals surface area contributed by atoms with Gasteiger partial charge in [0.05, 0.1) is 30.7 Å². The highest BCUT2D eigenvalue weighted by atomic mass is 32.1. The lowest BCUT2D eigenvalue weighted by molar-refractivity contribution is -0.244. The van der Waals surface area contributed by atoms with E-state index in [2.05, 4.69) is 27.5 Å². The molecule has 0 bridgehead atoms. The first-order valence-corrected chi connectivity index (χ1v) is 12.6. The van der Waals surface area contributed by atoms with Gasteiger partial charge in [-0.25, -0.2) is 9.50 Å². The number of nitrogens with one attached hydrogen (secondary N) is 1. The average Bonchev–Trinajstić information content (AvgIpc) is 3.39. The van der Waals surface area contributed by atoms with E-state index >= 15 is 0 Å². The van der Waals surface area contributed by atoms with Gasteiger partial charge in [0.25, 0.3) is 0 Å². The third-order valence-corrected chi connectivity index (χ3v) is 7.71. The number of nitrogen functional groups attached to an aromatic ring is 1. The van der Waals surface area contributed by atoms with E-state index in [1.807, 2.05) is 33.8 Å². The van der Waals surface area contributed by atoms with Crippen LogP contribution >= 0.6 is 11.3 Å². The zero-order chi connectivity index (χ0) is 25.6. The van der Waals surface area contributed by atoms with Crippen molar-refractivity contribution in [3.05, 3.63) is 41.3 Å². The number of benzene rings is 1. The van der Waals surface area contributed by atoms with E-state index in [1.54, 1.807) is 28.0 Å². The number of hydrogen-bond donors (Lipinski definition) is 2. The summed E-state index contributed by atoms with van der Waals surface area (Å²) in [6.07, 6.45) is 1.44. The summed E-state index contributed by atoms with van der Waals surface area (Å²) in [7, 11) is 1.68. The van der Waals surface area contributed by atoms with Crippen molar-refractivity contribution < 1.29 is 19.1 Å². The Hall–Kier alpha value is -3.25. The number of hydroxylamine groups is 2. The lowest BCUT2D eigenvalue weighted by Gasteiger charge is -2.39. The van der Waals surface area contributed by atoms with E-state index in [4.69, 9.17) is 20.0 Å². The lowest BCUT2D eigenvalue weighted by atomic mass is 10.0. The molecule has 1 aliphatic heterocycles. The maximum absolute atomic E-state index is 12.6. The van der Waals surface area contributed by atoms with Gasteiger partial charge in [-0.1, -0.05) is 6.07 Å². The molecule has 0 radical (unpaired) electrons. The monoisotopic (exact) mass is 510 g/mol. The molecule has 10 nitrogen and oxygen atoms in total. The van der Waals surface area contributed by atoms with Crippen molar-refractivity contribution in [1.82, 2.24) is 25.0 Å². The molecule has 0 saturated carbocycles. The van der Waals surface area contributed by atoms with Crippen molar-refractivity contribution in [2.75, 3.05) is 26.2 Å². The summed E-state index contributed by atoms with van der Waals surface area (Å²) in [5.41, 5.74) is 10.0. The third-order valence-electron chi connectivity index (χ3n) is 6.53. The Labute approximate surface area is 212 Å². The van der Waals surface area contributed by atoms with Gasteiger partial charge in [-0.15, -0.1) is 11.3 Å². The maximum atomic E-state index is 12.6. The normalized spacial score (nSPS) is 16.1. The first kappa shape index (κ1) is 24.4. The summed E-state index contributed by atoms with van der Waals surface area (Å²) in [5.74, 6) is 1.08. The highest BCUT2D eigenvalue weighted by Crippen LogP contribution is 2.44. The molecule has 1 aromatic carbocycles. The predicted octanol–water partition coefficient (Wildman–Crippen LogP) is 3.65. The number of ether oxygens (including phenoxy) is 2. The van der Waals surface area contributed by atoms with Crippen LogP contribution in [0.3, 0.4) is 0 Å². The van der Waals surface area contributed by atoms with Crippen LogP contribution in [0.1, 0.15) is 37.6 Å². The highest BCUT2D eigenvalue weighted by molar-refractivity contribution is 7.22. The minimum Gasteiger partial charge on any atom is -0.495 e. The molecule has 5 rings (SSSR count). The van der Waals surface area contributed by atoms with Crippen molar-refractivity contribution in [3.63, 3.8) is 0 Å². The van der Waals surface area contributed by atoms with E-state index in [0.29, 0.717) is 31.1 Å². The number of amides is 1. The molecule has 4 aromatic rings. The van der Waals surface area contributed by atoms with Crippen molar-refractivity contribution in [3.8, 4) is 16.2 Å². The first-order valence-electron chi connectivity index (χ1n) is 11.7. The molecule has 190 valence electrons. The van der Waals surface area contributed by atoms with Crippen molar-refractivity contribution >= 4 is 38.7 Å². The fourth-order valence-corrected chi connectivity index (χ4v) is 5.80. The highest BCUT2D eigenvalue weighted by Gasteiger charge is 2.40. The van der Waals surface area contributed by atoms with Crippen LogP contribution in [0.2, 0.25) is 0 Å². The largest absolute Gasteiger partial charge is 0.495 e. The Morgan fingerprint density at radius 2 is 2.11 bits per heavy atom. The molecular weight excluding hydrogens is 480 g/mol. The Balaban J connectivity index is 1.75. The van der Waals surface area contributed by atoms with E-state index in [1.165, 1.54) is 6.33 Å². The summed E-state index contributed by atoms with van der Waals surface area (Å²) in [6.45, 7) is 8.94. The van der Waals surface area contributed by atoms with Crippen LogP contribution in [0.5, 0.6) is 5.75 Å². The van der Waals surface area contributed by atoms with Gasteiger partial charge in [-0.05, 0) is 50.8 Å². The van der Waals surface area contributed by atoms with Gasteiger partial charge in [0.1, 0.15) is 29.9 Å². The number of hydrogen-bond acceptors (Lipinski definition) is 9. The number of carbonyl (C=O) groups is 1. The topological polar surface area (TPSA) is 116 Å². The molecule has 1 saturated heterocycles. The van der Waals surface area contributed by atoms with Crippen LogP contribution in [0.25, 0.3) is 26.0 Å². The number of thiophene rings is 1. The van der Waals surface area contributed by atoms with E-state index in [9.17, 15) is 4.79 Å². The van der Waals surface area contributed by atoms with E-state index < -0.39 is 5.54 Å². The number of nitrogens with zero attached hydrogens (tertiary/aromatic N) is 4. The van der Waals surface area contributed by atoms with Gasteiger partial charge >= 0.3 is 0 Å². The van der Waals surface area contributed by atoms with Crippen molar-refractivity contribution in [2.24, 2.45) is 0 Å². The number of fused-ring (bicyclic) bond motifs is 2. The summed E-state index contributed by atoms with van der Waals surface area (Å²) < 4.78 is 14.5. The molecule has 11 heteroatoms. The fraction of sp³-hybridized carbons (Fsp3) is 0.400. The van der Waals surface area contributed by atoms with E-state index in [0.717, 1.165) is 43.1 Å². The minimum absolute atomic E-state index is 0.103.